The molecule has 2 heterocycles. The number of nitrogens with zero attached hydrogens (tertiary/aromatic N) is 1. The van der Waals surface area contributed by atoms with E-state index in [1.54, 1.807) is 11.3 Å². The summed E-state index contributed by atoms with van der Waals surface area (Å²) in [6.07, 6.45) is 1.75. The molecule has 1 aromatic heterocycles. The minimum absolute atomic E-state index is 0.0658. The maximum Gasteiger partial charge on any atom is 0.308 e. The highest BCUT2D eigenvalue weighted by Gasteiger charge is 2.25. The van der Waals surface area contributed by atoms with Gasteiger partial charge in [-0.1, -0.05) is 11.8 Å². The second-order valence-corrected chi connectivity index (χ2v) is 5.84. The molecule has 0 unspecified atom stereocenters. The first-order valence-corrected chi connectivity index (χ1v) is 7.68. The van der Waals surface area contributed by atoms with Crippen LogP contribution in [-0.2, 0) is 16.1 Å². The van der Waals surface area contributed by atoms with Gasteiger partial charge in [-0.2, -0.15) is 0 Å². The first-order chi connectivity index (χ1) is 9.74. The van der Waals surface area contributed by atoms with E-state index in [9.17, 15) is 4.79 Å². The molecule has 1 saturated heterocycles. The SMILES string of the molecule is COC(=O)C1CCN(Cc2sccc2C#CCN)CC1. The number of thiophene rings is 1. The second kappa shape index (κ2) is 7.44. The number of carbonyl (C=O) groups excluding carboxylic acids is 1. The smallest absolute Gasteiger partial charge is 0.308 e. The van der Waals surface area contributed by atoms with E-state index in [1.165, 1.54) is 12.0 Å². The van der Waals surface area contributed by atoms with Crippen molar-refractivity contribution in [3.63, 3.8) is 0 Å². The number of ether oxygens (including phenoxy) is 1. The molecule has 1 fully saturated rings. The minimum Gasteiger partial charge on any atom is -0.469 e. The van der Waals surface area contributed by atoms with Crippen molar-refractivity contribution >= 4 is 17.3 Å². The zero-order valence-electron chi connectivity index (χ0n) is 11.7. The Morgan fingerprint density at radius 2 is 2.30 bits per heavy atom. The Balaban J connectivity index is 1.90. The zero-order chi connectivity index (χ0) is 14.4. The van der Waals surface area contributed by atoms with Gasteiger partial charge in [-0.3, -0.25) is 9.69 Å². The lowest BCUT2D eigenvalue weighted by molar-refractivity contribution is -0.147. The Hall–Kier alpha value is -1.35. The predicted octanol–water partition coefficient (Wildman–Crippen LogP) is 1.44. The molecule has 0 aliphatic carbocycles. The lowest BCUT2D eigenvalue weighted by atomic mass is 9.97. The summed E-state index contributed by atoms with van der Waals surface area (Å²) in [5.41, 5.74) is 6.49. The number of nitrogens with two attached hydrogens (primary N) is 1. The van der Waals surface area contributed by atoms with E-state index >= 15 is 0 Å². The average molecular weight is 292 g/mol. The Bertz CT molecular complexity index is 507. The van der Waals surface area contributed by atoms with Gasteiger partial charge >= 0.3 is 5.97 Å². The molecular formula is C15H20N2O2S. The van der Waals surface area contributed by atoms with Crippen molar-refractivity contribution in [2.24, 2.45) is 11.7 Å². The number of esters is 1. The first kappa shape index (κ1) is 15.0. The molecule has 1 aliphatic heterocycles. The summed E-state index contributed by atoms with van der Waals surface area (Å²) >= 11 is 1.73. The Morgan fingerprint density at radius 3 is 2.95 bits per heavy atom. The highest BCUT2D eigenvalue weighted by molar-refractivity contribution is 7.10. The fourth-order valence-electron chi connectivity index (χ4n) is 2.42. The van der Waals surface area contributed by atoms with Crippen LogP contribution >= 0.6 is 11.3 Å². The molecule has 108 valence electrons. The number of likely N-dealkylation sites (tertiary alicyclic amines) is 1. The number of hydrogen-bond donors (Lipinski definition) is 1. The Kier molecular flexibility index (Phi) is 5.60. The third kappa shape index (κ3) is 3.83. The normalized spacial score (nSPS) is 16.5. The maximum atomic E-state index is 11.5. The molecule has 1 aromatic rings. The molecule has 5 heteroatoms. The van der Waals surface area contributed by atoms with Crippen molar-refractivity contribution in [3.05, 3.63) is 21.9 Å². The monoisotopic (exact) mass is 292 g/mol. The number of carbonyl (C=O) groups is 1. The quantitative estimate of drug-likeness (QED) is 0.676. The van der Waals surface area contributed by atoms with Crippen molar-refractivity contribution in [2.45, 2.75) is 19.4 Å². The Labute approximate surface area is 123 Å². The molecule has 0 bridgehead atoms. The highest BCUT2D eigenvalue weighted by atomic mass is 32.1. The fraction of sp³-hybridized carbons (Fsp3) is 0.533. The number of piperidine rings is 1. The van der Waals surface area contributed by atoms with Crippen LogP contribution in [0, 0.1) is 17.8 Å². The zero-order valence-corrected chi connectivity index (χ0v) is 12.5. The third-order valence-electron chi connectivity index (χ3n) is 3.56. The maximum absolute atomic E-state index is 11.5. The summed E-state index contributed by atoms with van der Waals surface area (Å²) in [5, 5.41) is 2.07. The van der Waals surface area contributed by atoms with Crippen LogP contribution in [0.3, 0.4) is 0 Å². The molecular weight excluding hydrogens is 272 g/mol. The van der Waals surface area contributed by atoms with Crippen LogP contribution in [0.2, 0.25) is 0 Å². The van der Waals surface area contributed by atoms with Crippen molar-refractivity contribution in [1.29, 1.82) is 0 Å². The summed E-state index contributed by atoms with van der Waals surface area (Å²) in [6.45, 7) is 3.16. The van der Waals surface area contributed by atoms with E-state index in [-0.39, 0.29) is 11.9 Å². The van der Waals surface area contributed by atoms with Gasteiger partial charge in [0, 0.05) is 17.0 Å². The molecule has 0 amide bonds. The van der Waals surface area contributed by atoms with Crippen LogP contribution < -0.4 is 5.73 Å². The van der Waals surface area contributed by atoms with E-state index in [0.29, 0.717) is 6.54 Å². The van der Waals surface area contributed by atoms with E-state index < -0.39 is 0 Å². The molecule has 2 rings (SSSR count). The fourth-order valence-corrected chi connectivity index (χ4v) is 3.29. The van der Waals surface area contributed by atoms with E-state index in [0.717, 1.165) is 38.0 Å². The molecule has 4 nitrogen and oxygen atoms in total. The second-order valence-electron chi connectivity index (χ2n) is 4.84. The minimum atomic E-state index is -0.0738. The molecule has 0 saturated carbocycles. The first-order valence-electron chi connectivity index (χ1n) is 6.80. The number of hydrogen-bond acceptors (Lipinski definition) is 5. The van der Waals surface area contributed by atoms with E-state index in [2.05, 4.69) is 22.1 Å². The van der Waals surface area contributed by atoms with Crippen molar-refractivity contribution < 1.29 is 9.53 Å². The molecule has 0 aromatic carbocycles. The van der Waals surface area contributed by atoms with Gasteiger partial charge < -0.3 is 10.5 Å². The van der Waals surface area contributed by atoms with Crippen LogP contribution in [0.4, 0.5) is 0 Å². The summed E-state index contributed by atoms with van der Waals surface area (Å²) < 4.78 is 4.81. The van der Waals surface area contributed by atoms with Crippen LogP contribution in [0.15, 0.2) is 11.4 Å². The van der Waals surface area contributed by atoms with E-state index in [4.69, 9.17) is 10.5 Å². The van der Waals surface area contributed by atoms with Gasteiger partial charge in [0.2, 0.25) is 0 Å². The van der Waals surface area contributed by atoms with Gasteiger partial charge in [0.15, 0.2) is 0 Å². The van der Waals surface area contributed by atoms with Crippen LogP contribution in [0.25, 0.3) is 0 Å². The molecule has 0 atom stereocenters. The summed E-state index contributed by atoms with van der Waals surface area (Å²) in [6, 6.07) is 2.05. The van der Waals surface area contributed by atoms with Gasteiger partial charge in [0.25, 0.3) is 0 Å². The lowest BCUT2D eigenvalue weighted by Gasteiger charge is -2.30. The van der Waals surface area contributed by atoms with Crippen molar-refractivity contribution in [3.8, 4) is 11.8 Å². The highest BCUT2D eigenvalue weighted by Crippen LogP contribution is 2.23. The van der Waals surface area contributed by atoms with Crippen molar-refractivity contribution in [2.75, 3.05) is 26.7 Å². The van der Waals surface area contributed by atoms with Crippen LogP contribution in [-0.4, -0.2) is 37.6 Å². The summed E-state index contributed by atoms with van der Waals surface area (Å²) in [5.74, 6) is 6.01. The van der Waals surface area contributed by atoms with Gasteiger partial charge in [0.1, 0.15) is 0 Å². The van der Waals surface area contributed by atoms with Gasteiger partial charge in [-0.05, 0) is 37.4 Å². The number of methoxy groups -OCH3 is 1. The molecule has 2 N–H and O–H groups in total. The van der Waals surface area contributed by atoms with Gasteiger partial charge in [-0.15, -0.1) is 11.3 Å². The molecule has 20 heavy (non-hydrogen) atoms. The molecule has 0 spiro atoms. The summed E-state index contributed by atoms with van der Waals surface area (Å²) in [7, 11) is 1.46. The average Bonchev–Trinajstić information content (AvgIpc) is 2.92. The molecule has 0 radical (unpaired) electrons. The largest absolute Gasteiger partial charge is 0.469 e. The summed E-state index contributed by atoms with van der Waals surface area (Å²) in [4.78, 5) is 15.1. The lowest BCUT2D eigenvalue weighted by Crippen LogP contribution is -2.36. The van der Waals surface area contributed by atoms with Gasteiger partial charge in [-0.25, -0.2) is 0 Å². The standard InChI is InChI=1S/C15H20N2O2S/c1-19-15(18)13-4-8-17(9-5-13)11-14-12(3-2-7-16)6-10-20-14/h6,10,13H,4-5,7-9,11,16H2,1H3. The van der Waals surface area contributed by atoms with E-state index in [1.807, 2.05) is 6.07 Å². The topological polar surface area (TPSA) is 55.6 Å². The predicted molar refractivity (Wildman–Crippen MR) is 80.3 cm³/mol. The van der Waals surface area contributed by atoms with Crippen LogP contribution in [0.5, 0.6) is 0 Å². The van der Waals surface area contributed by atoms with Crippen LogP contribution in [0.1, 0.15) is 23.3 Å². The molecule has 1 aliphatic rings. The van der Waals surface area contributed by atoms with Gasteiger partial charge in [0.05, 0.1) is 19.6 Å². The van der Waals surface area contributed by atoms with Crippen molar-refractivity contribution in [1.82, 2.24) is 4.90 Å². The Morgan fingerprint density at radius 1 is 1.55 bits per heavy atom. The number of rotatable bonds is 3. The third-order valence-corrected chi connectivity index (χ3v) is 4.47.